The van der Waals surface area contributed by atoms with Crippen molar-refractivity contribution in [2.24, 2.45) is 0 Å². The van der Waals surface area contributed by atoms with Crippen molar-refractivity contribution in [3.63, 3.8) is 0 Å². The summed E-state index contributed by atoms with van der Waals surface area (Å²) in [5.74, 6) is 0.154. The van der Waals surface area contributed by atoms with Crippen molar-refractivity contribution in [1.82, 2.24) is 5.32 Å². The van der Waals surface area contributed by atoms with E-state index >= 15 is 0 Å². The molecule has 9 heteroatoms. The first kappa shape index (κ1) is 24.1. The third-order valence-electron chi connectivity index (χ3n) is 4.52. The summed E-state index contributed by atoms with van der Waals surface area (Å²) in [5, 5.41) is 6.35. The molecule has 0 bridgehead atoms. The minimum atomic E-state index is -3.84. The van der Waals surface area contributed by atoms with Gasteiger partial charge in [0.2, 0.25) is 15.7 Å². The average molecular weight is 538 g/mol. The Kier molecular flexibility index (Phi) is 8.17. The lowest BCUT2D eigenvalue weighted by Gasteiger charge is -2.15. The standard InChI is InChI=1S/C23H22BrClN2O4S/c1-2-31-19-9-12-21(22(13-19)32(29,30)20-10-5-17(24)6-11-20)26-15-23(28)27-14-16-3-7-18(25)8-4-16/h3-13,26H,2,14-15H2,1H3,(H,27,28). The van der Waals surface area contributed by atoms with Gasteiger partial charge < -0.3 is 15.4 Å². The lowest BCUT2D eigenvalue weighted by atomic mass is 10.2. The van der Waals surface area contributed by atoms with Crippen LogP contribution in [0.3, 0.4) is 0 Å². The first-order chi connectivity index (χ1) is 15.3. The average Bonchev–Trinajstić information content (AvgIpc) is 2.78. The predicted molar refractivity (Wildman–Crippen MR) is 129 cm³/mol. The zero-order valence-electron chi connectivity index (χ0n) is 17.3. The number of nitrogens with one attached hydrogen (secondary N) is 2. The van der Waals surface area contributed by atoms with E-state index < -0.39 is 9.84 Å². The normalized spacial score (nSPS) is 11.1. The molecule has 0 fully saturated rings. The molecule has 0 heterocycles. The number of anilines is 1. The summed E-state index contributed by atoms with van der Waals surface area (Å²) in [5.41, 5.74) is 1.22. The van der Waals surface area contributed by atoms with Gasteiger partial charge >= 0.3 is 0 Å². The van der Waals surface area contributed by atoms with Gasteiger partial charge in [-0.05, 0) is 61.0 Å². The summed E-state index contributed by atoms with van der Waals surface area (Å²) in [7, 11) is -3.84. The highest BCUT2D eigenvalue weighted by atomic mass is 79.9. The molecule has 0 aliphatic rings. The Bertz CT molecular complexity index is 1180. The second-order valence-electron chi connectivity index (χ2n) is 6.81. The summed E-state index contributed by atoms with van der Waals surface area (Å²) < 4.78 is 32.8. The maximum atomic E-state index is 13.3. The van der Waals surface area contributed by atoms with Gasteiger partial charge in [0.15, 0.2) is 0 Å². The van der Waals surface area contributed by atoms with E-state index in [1.807, 2.05) is 19.1 Å². The van der Waals surface area contributed by atoms with E-state index in [2.05, 4.69) is 26.6 Å². The molecule has 32 heavy (non-hydrogen) atoms. The van der Waals surface area contributed by atoms with Crippen molar-refractivity contribution < 1.29 is 17.9 Å². The lowest BCUT2D eigenvalue weighted by molar-refractivity contribution is -0.119. The Morgan fingerprint density at radius 2 is 1.72 bits per heavy atom. The molecule has 0 atom stereocenters. The van der Waals surface area contributed by atoms with E-state index in [1.54, 1.807) is 36.4 Å². The van der Waals surface area contributed by atoms with Crippen LogP contribution in [0.4, 0.5) is 5.69 Å². The summed E-state index contributed by atoms with van der Waals surface area (Å²) in [4.78, 5) is 12.5. The van der Waals surface area contributed by atoms with Crippen LogP contribution in [0.25, 0.3) is 0 Å². The second kappa shape index (κ2) is 10.8. The van der Waals surface area contributed by atoms with Crippen molar-refractivity contribution in [2.75, 3.05) is 18.5 Å². The second-order valence-corrected chi connectivity index (χ2v) is 10.1. The first-order valence-electron chi connectivity index (χ1n) is 9.82. The minimum absolute atomic E-state index is 0.0382. The highest BCUT2D eigenvalue weighted by Gasteiger charge is 2.23. The number of rotatable bonds is 9. The van der Waals surface area contributed by atoms with Crippen molar-refractivity contribution >= 4 is 49.0 Å². The van der Waals surface area contributed by atoms with Crippen LogP contribution in [0.5, 0.6) is 5.75 Å². The molecule has 0 aliphatic carbocycles. The Morgan fingerprint density at radius 3 is 2.38 bits per heavy atom. The van der Waals surface area contributed by atoms with Crippen LogP contribution in [-0.2, 0) is 21.2 Å². The van der Waals surface area contributed by atoms with Crippen molar-refractivity contribution in [1.29, 1.82) is 0 Å². The number of carbonyl (C=O) groups excluding carboxylic acids is 1. The number of ether oxygens (including phenoxy) is 1. The molecule has 2 N–H and O–H groups in total. The number of hydrogen-bond acceptors (Lipinski definition) is 5. The number of benzene rings is 3. The molecule has 0 spiro atoms. The van der Waals surface area contributed by atoms with Crippen LogP contribution in [0, 0.1) is 0 Å². The first-order valence-corrected chi connectivity index (χ1v) is 12.5. The molecule has 0 unspecified atom stereocenters. The summed E-state index contributed by atoms with van der Waals surface area (Å²) in [6.07, 6.45) is 0. The van der Waals surface area contributed by atoms with Gasteiger partial charge in [-0.2, -0.15) is 0 Å². The van der Waals surface area contributed by atoms with Gasteiger partial charge in [-0.25, -0.2) is 8.42 Å². The highest BCUT2D eigenvalue weighted by Crippen LogP contribution is 2.32. The molecule has 0 aromatic heterocycles. The van der Waals surface area contributed by atoms with Gasteiger partial charge in [0.1, 0.15) is 5.75 Å². The van der Waals surface area contributed by atoms with Crippen molar-refractivity contribution in [3.05, 3.63) is 81.8 Å². The van der Waals surface area contributed by atoms with Crippen LogP contribution in [0.1, 0.15) is 12.5 Å². The van der Waals surface area contributed by atoms with Crippen LogP contribution in [0.15, 0.2) is 81.0 Å². The Balaban J connectivity index is 1.77. The van der Waals surface area contributed by atoms with Crippen LogP contribution >= 0.6 is 27.5 Å². The maximum Gasteiger partial charge on any atom is 0.239 e. The smallest absolute Gasteiger partial charge is 0.239 e. The fourth-order valence-electron chi connectivity index (χ4n) is 2.91. The molecule has 3 aromatic rings. The Morgan fingerprint density at radius 1 is 1.03 bits per heavy atom. The van der Waals surface area contributed by atoms with Crippen LogP contribution in [0.2, 0.25) is 5.02 Å². The monoisotopic (exact) mass is 536 g/mol. The predicted octanol–water partition coefficient (Wildman–Crippen LogP) is 5.06. The van der Waals surface area contributed by atoms with Crippen LogP contribution in [-0.4, -0.2) is 27.5 Å². The molecule has 0 aliphatic heterocycles. The SMILES string of the molecule is CCOc1ccc(NCC(=O)NCc2ccc(Cl)cc2)c(S(=O)(=O)c2ccc(Br)cc2)c1. The van der Waals surface area contributed by atoms with E-state index in [0.29, 0.717) is 29.6 Å². The van der Waals surface area contributed by atoms with Gasteiger partial charge in [-0.15, -0.1) is 0 Å². The fourth-order valence-corrected chi connectivity index (χ4v) is 4.75. The van der Waals surface area contributed by atoms with Gasteiger partial charge in [0.05, 0.1) is 28.6 Å². The maximum absolute atomic E-state index is 13.3. The number of hydrogen-bond donors (Lipinski definition) is 2. The number of amides is 1. The van der Waals surface area contributed by atoms with Crippen molar-refractivity contribution in [2.45, 2.75) is 23.3 Å². The lowest BCUT2D eigenvalue weighted by Crippen LogP contribution is -2.29. The van der Waals surface area contributed by atoms with Crippen LogP contribution < -0.4 is 15.4 Å². The molecule has 1 amide bonds. The van der Waals surface area contributed by atoms with Gasteiger partial charge in [-0.3, -0.25) is 4.79 Å². The molecule has 0 saturated carbocycles. The van der Waals surface area contributed by atoms with Gasteiger partial charge in [0, 0.05) is 22.1 Å². The van der Waals surface area contributed by atoms with Crippen molar-refractivity contribution in [3.8, 4) is 5.75 Å². The molecule has 3 aromatic carbocycles. The molecule has 6 nitrogen and oxygen atoms in total. The van der Waals surface area contributed by atoms with E-state index in [9.17, 15) is 13.2 Å². The summed E-state index contributed by atoms with van der Waals surface area (Å²) in [6, 6.07) is 18.3. The number of carbonyl (C=O) groups is 1. The zero-order valence-corrected chi connectivity index (χ0v) is 20.4. The van der Waals surface area contributed by atoms with E-state index in [-0.39, 0.29) is 22.2 Å². The van der Waals surface area contributed by atoms with E-state index in [0.717, 1.165) is 10.0 Å². The van der Waals surface area contributed by atoms with Gasteiger partial charge in [-0.1, -0.05) is 39.7 Å². The summed E-state index contributed by atoms with van der Waals surface area (Å²) in [6.45, 7) is 2.47. The quantitative estimate of drug-likeness (QED) is 0.398. The molecular formula is C23H22BrClN2O4S. The Hall–Kier alpha value is -2.55. The highest BCUT2D eigenvalue weighted by molar-refractivity contribution is 9.10. The number of sulfone groups is 1. The molecular weight excluding hydrogens is 516 g/mol. The minimum Gasteiger partial charge on any atom is -0.494 e. The summed E-state index contributed by atoms with van der Waals surface area (Å²) >= 11 is 9.18. The molecule has 3 rings (SSSR count). The van der Waals surface area contributed by atoms with E-state index in [1.165, 1.54) is 18.2 Å². The Labute approximate surface area is 201 Å². The van der Waals surface area contributed by atoms with Gasteiger partial charge in [0.25, 0.3) is 0 Å². The molecule has 0 saturated heterocycles. The largest absolute Gasteiger partial charge is 0.494 e. The molecule has 168 valence electrons. The number of halogens is 2. The fraction of sp³-hybridized carbons (Fsp3) is 0.174. The topological polar surface area (TPSA) is 84.5 Å². The molecule has 0 radical (unpaired) electrons. The third kappa shape index (κ3) is 6.25. The zero-order chi connectivity index (χ0) is 23.1. The third-order valence-corrected chi connectivity index (χ3v) is 7.11. The van der Waals surface area contributed by atoms with E-state index in [4.69, 9.17) is 16.3 Å².